The van der Waals surface area contributed by atoms with Crippen LogP contribution < -0.4 is 4.74 Å². The Kier molecular flexibility index (Phi) is 2.80. The molecule has 3 rings (SSSR count). The largest absolute Gasteiger partial charge is 0.435 e. The third kappa shape index (κ3) is 2.00. The molecule has 0 bridgehead atoms. The normalized spacial score (nSPS) is 13.6. The number of halogens is 1. The van der Waals surface area contributed by atoms with Gasteiger partial charge in [0.05, 0.1) is 5.56 Å². The van der Waals surface area contributed by atoms with Gasteiger partial charge in [-0.05, 0) is 30.7 Å². The second-order valence-electron chi connectivity index (χ2n) is 4.34. The molecule has 0 spiro atoms. The molecule has 18 heavy (non-hydrogen) atoms. The van der Waals surface area contributed by atoms with E-state index in [4.69, 9.17) is 16.3 Å². The van der Waals surface area contributed by atoms with E-state index >= 15 is 0 Å². The van der Waals surface area contributed by atoms with E-state index in [1.54, 1.807) is 0 Å². The van der Waals surface area contributed by atoms with Gasteiger partial charge in [-0.1, -0.05) is 23.7 Å². The van der Waals surface area contributed by atoms with Crippen LogP contribution in [0.25, 0.3) is 0 Å². The van der Waals surface area contributed by atoms with Gasteiger partial charge in [0.1, 0.15) is 5.75 Å². The first kappa shape index (κ1) is 11.3. The van der Waals surface area contributed by atoms with Crippen molar-refractivity contribution in [1.29, 1.82) is 0 Å². The van der Waals surface area contributed by atoms with Crippen molar-refractivity contribution >= 4 is 23.5 Å². The molecule has 90 valence electrons. The standard InChI is InChI=1S/C15H13ClNO/c1-11-3-2-4-12-9-17(10-18-15(11)12)14-7-5-13(16)6-8-14/h2-9H,10H2,1H3/q+1. The molecule has 1 aliphatic rings. The molecular weight excluding hydrogens is 246 g/mol. The highest BCUT2D eigenvalue weighted by Gasteiger charge is 2.19. The van der Waals surface area contributed by atoms with Crippen LogP contribution in [0.1, 0.15) is 11.1 Å². The lowest BCUT2D eigenvalue weighted by atomic mass is 10.1. The Labute approximate surface area is 111 Å². The number of fused-ring (bicyclic) bond motifs is 1. The van der Waals surface area contributed by atoms with Crippen molar-refractivity contribution in [2.75, 3.05) is 6.73 Å². The molecule has 3 heteroatoms. The maximum atomic E-state index is 5.89. The molecule has 0 saturated heterocycles. The third-order valence-corrected chi connectivity index (χ3v) is 3.30. The highest BCUT2D eigenvalue weighted by molar-refractivity contribution is 6.30. The van der Waals surface area contributed by atoms with Gasteiger partial charge in [0, 0.05) is 17.2 Å². The Bertz CT molecular complexity index is 617. The summed E-state index contributed by atoms with van der Waals surface area (Å²) >= 11 is 5.89. The minimum atomic E-state index is 0.527. The van der Waals surface area contributed by atoms with Crippen molar-refractivity contribution < 1.29 is 9.31 Å². The number of ether oxygens (including phenoxy) is 1. The van der Waals surface area contributed by atoms with Crippen molar-refractivity contribution in [2.24, 2.45) is 0 Å². The zero-order chi connectivity index (χ0) is 12.5. The fraction of sp³-hybridized carbons (Fsp3) is 0.133. The summed E-state index contributed by atoms with van der Waals surface area (Å²) in [5, 5.41) is 0.743. The SMILES string of the molecule is Cc1cccc2c1OC[N+](c1ccc(Cl)cc1)=C2. The summed E-state index contributed by atoms with van der Waals surface area (Å²) < 4.78 is 7.88. The molecule has 0 saturated carbocycles. The van der Waals surface area contributed by atoms with Gasteiger partial charge in [-0.3, -0.25) is 0 Å². The maximum absolute atomic E-state index is 5.89. The van der Waals surface area contributed by atoms with E-state index < -0.39 is 0 Å². The quantitative estimate of drug-likeness (QED) is 0.710. The predicted octanol–water partition coefficient (Wildman–Crippen LogP) is 3.76. The van der Waals surface area contributed by atoms with Crippen LogP contribution in [0, 0.1) is 6.92 Å². The molecule has 0 radical (unpaired) electrons. The monoisotopic (exact) mass is 258 g/mol. The van der Waals surface area contributed by atoms with E-state index in [1.165, 1.54) is 5.56 Å². The summed E-state index contributed by atoms with van der Waals surface area (Å²) in [4.78, 5) is 0. The summed E-state index contributed by atoms with van der Waals surface area (Å²) in [5.41, 5.74) is 3.35. The maximum Gasteiger partial charge on any atom is 0.292 e. The number of benzene rings is 2. The van der Waals surface area contributed by atoms with Gasteiger partial charge in [0.15, 0.2) is 6.21 Å². The van der Waals surface area contributed by atoms with Gasteiger partial charge >= 0.3 is 0 Å². The zero-order valence-electron chi connectivity index (χ0n) is 10.1. The number of nitrogens with zero attached hydrogens (tertiary/aromatic N) is 1. The first-order chi connectivity index (χ1) is 8.74. The lowest BCUT2D eigenvalue weighted by molar-refractivity contribution is -0.476. The lowest BCUT2D eigenvalue weighted by Crippen LogP contribution is -2.21. The molecule has 1 aliphatic heterocycles. The van der Waals surface area contributed by atoms with Crippen molar-refractivity contribution in [3.05, 3.63) is 58.6 Å². The van der Waals surface area contributed by atoms with Gasteiger partial charge in [0.2, 0.25) is 5.69 Å². The molecule has 0 unspecified atom stereocenters. The van der Waals surface area contributed by atoms with Crippen molar-refractivity contribution in [3.63, 3.8) is 0 Å². The number of rotatable bonds is 1. The van der Waals surface area contributed by atoms with E-state index in [1.807, 2.05) is 30.3 Å². The van der Waals surface area contributed by atoms with Crippen LogP contribution in [-0.4, -0.2) is 17.5 Å². The minimum absolute atomic E-state index is 0.527. The molecule has 0 amide bonds. The van der Waals surface area contributed by atoms with E-state index in [9.17, 15) is 0 Å². The Morgan fingerprint density at radius 3 is 2.67 bits per heavy atom. The topological polar surface area (TPSA) is 12.2 Å². The van der Waals surface area contributed by atoms with Crippen LogP contribution >= 0.6 is 11.6 Å². The van der Waals surface area contributed by atoms with Crippen LogP contribution in [0.2, 0.25) is 5.02 Å². The first-order valence-corrected chi connectivity index (χ1v) is 6.21. The molecule has 2 aromatic rings. The predicted molar refractivity (Wildman–Crippen MR) is 73.2 cm³/mol. The van der Waals surface area contributed by atoms with Crippen LogP contribution in [0.15, 0.2) is 42.5 Å². The van der Waals surface area contributed by atoms with Gasteiger partial charge < -0.3 is 4.74 Å². The zero-order valence-corrected chi connectivity index (χ0v) is 10.8. The fourth-order valence-corrected chi connectivity index (χ4v) is 2.22. The average molecular weight is 259 g/mol. The van der Waals surface area contributed by atoms with Crippen LogP contribution in [0.5, 0.6) is 5.75 Å². The summed E-state index contributed by atoms with van der Waals surface area (Å²) in [6.45, 7) is 2.59. The highest BCUT2D eigenvalue weighted by atomic mass is 35.5. The molecule has 2 aromatic carbocycles. The third-order valence-electron chi connectivity index (χ3n) is 3.04. The fourth-order valence-electron chi connectivity index (χ4n) is 2.09. The van der Waals surface area contributed by atoms with Crippen LogP contribution in [-0.2, 0) is 0 Å². The molecule has 0 aromatic heterocycles. The number of para-hydroxylation sites is 1. The van der Waals surface area contributed by atoms with Gasteiger partial charge in [0.25, 0.3) is 6.73 Å². The van der Waals surface area contributed by atoms with Crippen molar-refractivity contribution in [1.82, 2.24) is 0 Å². The molecule has 1 heterocycles. The molecule has 0 fully saturated rings. The molecule has 2 nitrogen and oxygen atoms in total. The molecule has 0 aliphatic carbocycles. The second-order valence-corrected chi connectivity index (χ2v) is 4.78. The highest BCUT2D eigenvalue weighted by Crippen LogP contribution is 2.26. The van der Waals surface area contributed by atoms with Crippen molar-refractivity contribution in [3.8, 4) is 5.75 Å². The smallest absolute Gasteiger partial charge is 0.292 e. The molecular formula is C15H13ClNO+. The van der Waals surface area contributed by atoms with E-state index in [-0.39, 0.29) is 0 Å². The van der Waals surface area contributed by atoms with Gasteiger partial charge in [-0.25, -0.2) is 0 Å². The van der Waals surface area contributed by atoms with E-state index in [2.05, 4.69) is 29.8 Å². The number of hydrogen-bond acceptors (Lipinski definition) is 1. The van der Waals surface area contributed by atoms with Gasteiger partial charge in [-0.15, -0.1) is 0 Å². The number of aryl methyl sites for hydroxylation is 1. The Hall–Kier alpha value is -1.80. The Morgan fingerprint density at radius 1 is 1.11 bits per heavy atom. The average Bonchev–Trinajstić information content (AvgIpc) is 2.39. The Morgan fingerprint density at radius 2 is 1.89 bits per heavy atom. The van der Waals surface area contributed by atoms with Crippen LogP contribution in [0.3, 0.4) is 0 Å². The van der Waals surface area contributed by atoms with E-state index in [0.29, 0.717) is 6.73 Å². The van der Waals surface area contributed by atoms with Gasteiger partial charge in [-0.2, -0.15) is 4.58 Å². The molecule has 0 atom stereocenters. The summed E-state index contributed by atoms with van der Waals surface area (Å²) in [7, 11) is 0. The van der Waals surface area contributed by atoms with Crippen LogP contribution in [0.4, 0.5) is 5.69 Å². The summed E-state index contributed by atoms with van der Waals surface area (Å²) in [6.07, 6.45) is 2.11. The minimum Gasteiger partial charge on any atom is -0.435 e. The van der Waals surface area contributed by atoms with Crippen molar-refractivity contribution in [2.45, 2.75) is 6.92 Å². The lowest BCUT2D eigenvalue weighted by Gasteiger charge is -2.15. The number of hydrogen-bond donors (Lipinski definition) is 0. The second kappa shape index (κ2) is 4.46. The molecule has 0 N–H and O–H groups in total. The Balaban J connectivity index is 2.03. The first-order valence-electron chi connectivity index (χ1n) is 5.83. The summed E-state index contributed by atoms with van der Waals surface area (Å²) in [6, 6.07) is 13.9. The summed E-state index contributed by atoms with van der Waals surface area (Å²) in [5.74, 6) is 0.975. The van der Waals surface area contributed by atoms with E-state index in [0.717, 1.165) is 22.0 Å².